The second-order valence-corrected chi connectivity index (χ2v) is 8.97. The Bertz CT molecular complexity index is 917. The highest BCUT2D eigenvalue weighted by Crippen LogP contribution is 2.34. The fourth-order valence-electron chi connectivity index (χ4n) is 2.63. The lowest BCUT2D eigenvalue weighted by atomic mass is 10.1. The van der Waals surface area contributed by atoms with Crippen molar-refractivity contribution in [1.29, 1.82) is 0 Å². The standard InChI is InChI=1S/C20H22N2O2S2/c1-12(2)25-15-8-6-14(7-9-15)11-17(23)21-20-22-18-16(24-4)10-5-13(3)19(18)26-20/h5-10,12H,11H2,1-4H3,(H,21,22,23). The van der Waals surface area contributed by atoms with E-state index in [1.807, 2.05) is 43.0 Å². The highest BCUT2D eigenvalue weighted by Gasteiger charge is 2.13. The van der Waals surface area contributed by atoms with Crippen LogP contribution in [0.2, 0.25) is 0 Å². The quantitative estimate of drug-likeness (QED) is 0.585. The van der Waals surface area contributed by atoms with Gasteiger partial charge in [-0.1, -0.05) is 43.4 Å². The van der Waals surface area contributed by atoms with Crippen molar-refractivity contribution in [3.8, 4) is 5.75 Å². The van der Waals surface area contributed by atoms with E-state index in [1.54, 1.807) is 7.11 Å². The Morgan fingerprint density at radius 2 is 1.96 bits per heavy atom. The van der Waals surface area contributed by atoms with Gasteiger partial charge >= 0.3 is 0 Å². The van der Waals surface area contributed by atoms with Crippen LogP contribution >= 0.6 is 23.1 Å². The third-order valence-corrected chi connectivity index (χ3v) is 5.95. The molecule has 0 saturated heterocycles. The number of hydrogen-bond donors (Lipinski definition) is 1. The highest BCUT2D eigenvalue weighted by atomic mass is 32.2. The maximum atomic E-state index is 12.4. The molecule has 0 bridgehead atoms. The summed E-state index contributed by atoms with van der Waals surface area (Å²) in [7, 11) is 1.63. The molecule has 136 valence electrons. The molecular formula is C20H22N2O2S2. The second kappa shape index (κ2) is 8.10. The van der Waals surface area contributed by atoms with Crippen molar-refractivity contribution in [2.24, 2.45) is 0 Å². The van der Waals surface area contributed by atoms with Gasteiger partial charge in [0.25, 0.3) is 0 Å². The predicted molar refractivity (Wildman–Crippen MR) is 111 cm³/mol. The normalized spacial score (nSPS) is 11.1. The summed E-state index contributed by atoms with van der Waals surface area (Å²) in [5.74, 6) is 0.658. The average molecular weight is 387 g/mol. The topological polar surface area (TPSA) is 51.2 Å². The van der Waals surface area contributed by atoms with Crippen molar-refractivity contribution in [3.05, 3.63) is 47.5 Å². The average Bonchev–Trinajstić information content (AvgIpc) is 3.01. The van der Waals surface area contributed by atoms with Gasteiger partial charge < -0.3 is 10.1 Å². The Kier molecular flexibility index (Phi) is 5.84. The maximum absolute atomic E-state index is 12.4. The molecule has 0 aliphatic rings. The monoisotopic (exact) mass is 386 g/mol. The molecule has 2 aromatic carbocycles. The van der Waals surface area contributed by atoms with E-state index in [4.69, 9.17) is 4.74 Å². The summed E-state index contributed by atoms with van der Waals surface area (Å²) in [5.41, 5.74) is 2.91. The number of benzene rings is 2. The van der Waals surface area contributed by atoms with Crippen LogP contribution < -0.4 is 10.1 Å². The zero-order chi connectivity index (χ0) is 18.7. The van der Waals surface area contributed by atoms with Gasteiger partial charge in [0.15, 0.2) is 5.13 Å². The van der Waals surface area contributed by atoms with Crippen LogP contribution in [0, 0.1) is 6.92 Å². The molecular weight excluding hydrogens is 364 g/mol. The summed E-state index contributed by atoms with van der Waals surface area (Å²) < 4.78 is 6.40. The fourth-order valence-corrected chi connectivity index (χ4v) is 4.44. The molecule has 3 aromatic rings. The lowest BCUT2D eigenvalue weighted by molar-refractivity contribution is -0.115. The van der Waals surface area contributed by atoms with Crippen molar-refractivity contribution < 1.29 is 9.53 Å². The molecule has 1 N–H and O–H groups in total. The Morgan fingerprint density at radius 3 is 2.62 bits per heavy atom. The number of thioether (sulfide) groups is 1. The molecule has 0 atom stereocenters. The molecule has 0 aliphatic heterocycles. The number of aryl methyl sites for hydroxylation is 1. The van der Waals surface area contributed by atoms with Crippen molar-refractivity contribution in [2.45, 2.75) is 37.3 Å². The molecule has 1 heterocycles. The molecule has 1 amide bonds. The van der Waals surface area contributed by atoms with E-state index >= 15 is 0 Å². The molecule has 0 radical (unpaired) electrons. The molecule has 0 aliphatic carbocycles. The van der Waals surface area contributed by atoms with Gasteiger partial charge in [0.05, 0.1) is 18.2 Å². The number of anilines is 1. The van der Waals surface area contributed by atoms with E-state index in [1.165, 1.54) is 16.2 Å². The number of amides is 1. The van der Waals surface area contributed by atoms with Gasteiger partial charge in [-0.3, -0.25) is 4.79 Å². The molecule has 26 heavy (non-hydrogen) atoms. The van der Waals surface area contributed by atoms with Crippen LogP contribution in [0.3, 0.4) is 0 Å². The van der Waals surface area contributed by atoms with Gasteiger partial charge in [-0.25, -0.2) is 4.98 Å². The second-order valence-electron chi connectivity index (χ2n) is 6.32. The number of carbonyl (C=O) groups excluding carboxylic acids is 1. The Labute approximate surface area is 162 Å². The molecule has 0 saturated carbocycles. The molecule has 0 fully saturated rings. The largest absolute Gasteiger partial charge is 0.494 e. The zero-order valence-electron chi connectivity index (χ0n) is 15.3. The first-order valence-electron chi connectivity index (χ1n) is 8.46. The van der Waals surface area contributed by atoms with E-state index in [9.17, 15) is 4.79 Å². The van der Waals surface area contributed by atoms with Gasteiger partial charge in [0, 0.05) is 10.1 Å². The van der Waals surface area contributed by atoms with Crippen LogP contribution in [0.1, 0.15) is 25.0 Å². The van der Waals surface area contributed by atoms with E-state index in [0.29, 0.717) is 16.8 Å². The van der Waals surface area contributed by atoms with E-state index in [2.05, 4.69) is 36.3 Å². The van der Waals surface area contributed by atoms with Gasteiger partial charge in [-0.2, -0.15) is 0 Å². The smallest absolute Gasteiger partial charge is 0.230 e. The molecule has 1 aromatic heterocycles. The minimum absolute atomic E-state index is 0.0649. The van der Waals surface area contributed by atoms with Crippen molar-refractivity contribution in [1.82, 2.24) is 4.98 Å². The number of aromatic nitrogens is 1. The number of hydrogen-bond acceptors (Lipinski definition) is 5. The van der Waals surface area contributed by atoms with Gasteiger partial charge in [0.1, 0.15) is 11.3 Å². The van der Waals surface area contributed by atoms with Crippen LogP contribution in [0.4, 0.5) is 5.13 Å². The van der Waals surface area contributed by atoms with Gasteiger partial charge in [-0.05, 0) is 36.2 Å². The van der Waals surface area contributed by atoms with Crippen LogP contribution in [-0.2, 0) is 11.2 Å². The number of ether oxygens (including phenoxy) is 1. The van der Waals surface area contributed by atoms with Crippen LogP contribution in [-0.4, -0.2) is 23.3 Å². The number of thiazole rings is 1. The molecule has 0 spiro atoms. The summed E-state index contributed by atoms with van der Waals surface area (Å²) in [6, 6.07) is 12.1. The Morgan fingerprint density at radius 1 is 1.23 bits per heavy atom. The first kappa shape index (κ1) is 18.7. The third kappa shape index (κ3) is 4.37. The number of nitrogens with one attached hydrogen (secondary N) is 1. The first-order chi connectivity index (χ1) is 12.5. The number of rotatable bonds is 6. The fraction of sp³-hybridized carbons (Fsp3) is 0.300. The lowest BCUT2D eigenvalue weighted by Gasteiger charge is -2.06. The number of fused-ring (bicyclic) bond motifs is 1. The van der Waals surface area contributed by atoms with E-state index in [-0.39, 0.29) is 5.91 Å². The van der Waals surface area contributed by atoms with Crippen molar-refractivity contribution >= 4 is 44.4 Å². The Hall–Kier alpha value is -2.05. The predicted octanol–water partition coefficient (Wildman–Crippen LogP) is 5.30. The zero-order valence-corrected chi connectivity index (χ0v) is 17.0. The van der Waals surface area contributed by atoms with E-state index < -0.39 is 0 Å². The summed E-state index contributed by atoms with van der Waals surface area (Å²) >= 11 is 3.29. The third-order valence-electron chi connectivity index (χ3n) is 3.83. The highest BCUT2D eigenvalue weighted by molar-refractivity contribution is 7.99. The molecule has 4 nitrogen and oxygen atoms in total. The summed E-state index contributed by atoms with van der Waals surface area (Å²) in [4.78, 5) is 18.1. The minimum Gasteiger partial charge on any atom is -0.494 e. The summed E-state index contributed by atoms with van der Waals surface area (Å²) in [6.45, 7) is 6.36. The number of nitrogens with zero attached hydrogens (tertiary/aromatic N) is 1. The van der Waals surface area contributed by atoms with Crippen LogP contribution in [0.25, 0.3) is 10.2 Å². The van der Waals surface area contributed by atoms with Crippen molar-refractivity contribution in [2.75, 3.05) is 12.4 Å². The van der Waals surface area contributed by atoms with Crippen molar-refractivity contribution in [3.63, 3.8) is 0 Å². The lowest BCUT2D eigenvalue weighted by Crippen LogP contribution is -2.14. The van der Waals surface area contributed by atoms with Gasteiger partial charge in [-0.15, -0.1) is 11.8 Å². The maximum Gasteiger partial charge on any atom is 0.230 e. The summed E-state index contributed by atoms with van der Waals surface area (Å²) in [5, 5.41) is 4.06. The van der Waals surface area contributed by atoms with Crippen LogP contribution in [0.5, 0.6) is 5.75 Å². The molecule has 0 unspecified atom stereocenters. The first-order valence-corrected chi connectivity index (χ1v) is 10.2. The number of carbonyl (C=O) groups is 1. The molecule has 6 heteroatoms. The number of methoxy groups -OCH3 is 1. The Balaban J connectivity index is 1.70. The van der Waals surface area contributed by atoms with Gasteiger partial charge in [0.2, 0.25) is 5.91 Å². The minimum atomic E-state index is -0.0649. The van der Waals surface area contributed by atoms with E-state index in [0.717, 1.165) is 27.1 Å². The molecule has 3 rings (SSSR count). The SMILES string of the molecule is COc1ccc(C)c2sc(NC(=O)Cc3ccc(SC(C)C)cc3)nc12. The van der Waals surface area contributed by atoms with Crippen LogP contribution in [0.15, 0.2) is 41.3 Å². The summed E-state index contributed by atoms with van der Waals surface area (Å²) in [6.07, 6.45) is 0.332.